The average molecular weight is 255 g/mol. The van der Waals surface area contributed by atoms with E-state index in [1.54, 1.807) is 6.33 Å². The van der Waals surface area contributed by atoms with Crippen molar-refractivity contribution in [2.45, 2.75) is 19.4 Å². The zero-order valence-corrected chi connectivity index (χ0v) is 10.7. The van der Waals surface area contributed by atoms with Crippen molar-refractivity contribution in [2.24, 2.45) is 5.84 Å². The van der Waals surface area contributed by atoms with Crippen LogP contribution in [-0.4, -0.2) is 16.5 Å². The third kappa shape index (κ3) is 2.51. The van der Waals surface area contributed by atoms with E-state index in [0.29, 0.717) is 5.82 Å². The number of nitrogen functional groups attached to an aromatic ring is 1. The molecule has 1 aliphatic rings. The summed E-state index contributed by atoms with van der Waals surface area (Å²) < 4.78 is 0. The van der Waals surface area contributed by atoms with Gasteiger partial charge in [-0.15, -0.1) is 0 Å². The molecule has 2 heterocycles. The van der Waals surface area contributed by atoms with E-state index < -0.39 is 0 Å². The molecule has 2 aromatic rings. The fraction of sp³-hybridized carbons (Fsp3) is 0.286. The molecule has 1 aromatic carbocycles. The van der Waals surface area contributed by atoms with Crippen LogP contribution in [0.5, 0.6) is 0 Å². The van der Waals surface area contributed by atoms with Crippen molar-refractivity contribution in [1.82, 2.24) is 9.97 Å². The summed E-state index contributed by atoms with van der Waals surface area (Å²) in [5, 5.41) is 0. The maximum absolute atomic E-state index is 5.40. The normalized spacial score (nSPS) is 14.7. The number of nitrogens with zero attached hydrogens (tertiary/aromatic N) is 3. The van der Waals surface area contributed by atoms with Gasteiger partial charge in [0.05, 0.1) is 0 Å². The van der Waals surface area contributed by atoms with E-state index in [0.717, 1.165) is 31.7 Å². The molecule has 0 bridgehead atoms. The SMILES string of the molecule is NNc1cc(N2CCCc3ccccc3C2)ncn1. The van der Waals surface area contributed by atoms with Gasteiger partial charge in [0.2, 0.25) is 0 Å². The van der Waals surface area contributed by atoms with E-state index in [2.05, 4.69) is 44.6 Å². The van der Waals surface area contributed by atoms with Gasteiger partial charge >= 0.3 is 0 Å². The molecule has 98 valence electrons. The predicted octanol–water partition coefficient (Wildman–Crippen LogP) is 1.72. The number of nitrogens with one attached hydrogen (secondary N) is 1. The Morgan fingerprint density at radius 1 is 1.16 bits per heavy atom. The fourth-order valence-electron chi connectivity index (χ4n) is 2.50. The van der Waals surface area contributed by atoms with Crippen molar-refractivity contribution in [3.63, 3.8) is 0 Å². The molecule has 5 nitrogen and oxygen atoms in total. The van der Waals surface area contributed by atoms with Crippen LogP contribution in [-0.2, 0) is 13.0 Å². The quantitative estimate of drug-likeness (QED) is 0.631. The number of aryl methyl sites for hydroxylation is 1. The number of nitrogens with two attached hydrogens (primary N) is 1. The molecule has 3 N–H and O–H groups in total. The Morgan fingerprint density at radius 3 is 2.84 bits per heavy atom. The summed E-state index contributed by atoms with van der Waals surface area (Å²) in [5.74, 6) is 6.95. The van der Waals surface area contributed by atoms with Gasteiger partial charge < -0.3 is 10.3 Å². The number of benzene rings is 1. The smallest absolute Gasteiger partial charge is 0.145 e. The van der Waals surface area contributed by atoms with Crippen molar-refractivity contribution < 1.29 is 0 Å². The third-order valence-electron chi connectivity index (χ3n) is 3.48. The van der Waals surface area contributed by atoms with Gasteiger partial charge in [0, 0.05) is 19.2 Å². The Labute approximate surface area is 112 Å². The highest BCUT2D eigenvalue weighted by Gasteiger charge is 2.15. The van der Waals surface area contributed by atoms with Crippen molar-refractivity contribution >= 4 is 11.6 Å². The Kier molecular flexibility index (Phi) is 3.29. The lowest BCUT2D eigenvalue weighted by atomic mass is 10.0. The molecule has 0 fully saturated rings. The lowest BCUT2D eigenvalue weighted by Crippen LogP contribution is -2.24. The van der Waals surface area contributed by atoms with E-state index in [1.165, 1.54) is 11.1 Å². The highest BCUT2D eigenvalue weighted by molar-refractivity contribution is 5.49. The molecule has 3 rings (SSSR count). The number of hydrazine groups is 1. The zero-order valence-electron chi connectivity index (χ0n) is 10.7. The van der Waals surface area contributed by atoms with E-state index in [-0.39, 0.29) is 0 Å². The lowest BCUT2D eigenvalue weighted by Gasteiger charge is -2.22. The lowest BCUT2D eigenvalue weighted by molar-refractivity contribution is 0.753. The minimum Gasteiger partial charge on any atom is -0.352 e. The molecule has 0 amide bonds. The van der Waals surface area contributed by atoms with Crippen molar-refractivity contribution in [1.29, 1.82) is 0 Å². The molecule has 0 atom stereocenters. The highest BCUT2D eigenvalue weighted by Crippen LogP contribution is 2.23. The molecule has 0 unspecified atom stereocenters. The number of hydrogen-bond donors (Lipinski definition) is 2. The number of rotatable bonds is 2. The van der Waals surface area contributed by atoms with Crippen LogP contribution >= 0.6 is 0 Å². The van der Waals surface area contributed by atoms with Crippen LogP contribution in [0.3, 0.4) is 0 Å². The van der Waals surface area contributed by atoms with Crippen molar-refractivity contribution in [2.75, 3.05) is 16.9 Å². The predicted molar refractivity (Wildman–Crippen MR) is 75.7 cm³/mol. The topological polar surface area (TPSA) is 67.1 Å². The van der Waals surface area contributed by atoms with Crippen LogP contribution in [0.4, 0.5) is 11.6 Å². The summed E-state index contributed by atoms with van der Waals surface area (Å²) >= 11 is 0. The minimum absolute atomic E-state index is 0.641. The molecule has 1 aliphatic heterocycles. The first-order valence-electron chi connectivity index (χ1n) is 6.47. The molecule has 0 spiro atoms. The summed E-state index contributed by atoms with van der Waals surface area (Å²) in [7, 11) is 0. The maximum atomic E-state index is 5.40. The molecule has 0 saturated carbocycles. The van der Waals surface area contributed by atoms with Gasteiger partial charge in [0.25, 0.3) is 0 Å². The Morgan fingerprint density at radius 2 is 2.00 bits per heavy atom. The van der Waals surface area contributed by atoms with Gasteiger partial charge in [-0.25, -0.2) is 15.8 Å². The van der Waals surface area contributed by atoms with Gasteiger partial charge in [0.1, 0.15) is 18.0 Å². The van der Waals surface area contributed by atoms with Crippen molar-refractivity contribution in [3.8, 4) is 0 Å². The summed E-state index contributed by atoms with van der Waals surface area (Å²) in [6, 6.07) is 10.5. The fourth-order valence-corrected chi connectivity index (χ4v) is 2.50. The van der Waals surface area contributed by atoms with Gasteiger partial charge in [-0.2, -0.15) is 0 Å². The third-order valence-corrected chi connectivity index (χ3v) is 3.48. The van der Waals surface area contributed by atoms with Gasteiger partial charge in [0.15, 0.2) is 0 Å². The Balaban J connectivity index is 1.89. The summed E-state index contributed by atoms with van der Waals surface area (Å²) in [5.41, 5.74) is 5.38. The van der Waals surface area contributed by atoms with Gasteiger partial charge in [-0.05, 0) is 24.0 Å². The molecular formula is C14H17N5. The monoisotopic (exact) mass is 255 g/mol. The molecule has 1 aromatic heterocycles. The summed E-state index contributed by atoms with van der Waals surface area (Å²) in [6.45, 7) is 1.88. The van der Waals surface area contributed by atoms with Crippen LogP contribution in [0.1, 0.15) is 17.5 Å². The molecule has 0 aliphatic carbocycles. The number of anilines is 2. The van der Waals surface area contributed by atoms with E-state index >= 15 is 0 Å². The molecule has 5 heteroatoms. The van der Waals surface area contributed by atoms with E-state index in [1.807, 2.05) is 6.07 Å². The average Bonchev–Trinajstić information content (AvgIpc) is 2.69. The number of fused-ring (bicyclic) bond motifs is 1. The second-order valence-corrected chi connectivity index (χ2v) is 4.70. The van der Waals surface area contributed by atoms with E-state index in [9.17, 15) is 0 Å². The maximum Gasteiger partial charge on any atom is 0.145 e. The van der Waals surface area contributed by atoms with Crippen LogP contribution < -0.4 is 16.2 Å². The van der Waals surface area contributed by atoms with E-state index in [4.69, 9.17) is 5.84 Å². The summed E-state index contributed by atoms with van der Waals surface area (Å²) in [6.07, 6.45) is 3.80. The second kappa shape index (κ2) is 5.24. The number of aromatic nitrogens is 2. The van der Waals surface area contributed by atoms with Crippen LogP contribution in [0, 0.1) is 0 Å². The van der Waals surface area contributed by atoms with Gasteiger partial charge in [-0.3, -0.25) is 0 Å². The van der Waals surface area contributed by atoms with Crippen molar-refractivity contribution in [3.05, 3.63) is 47.8 Å². The minimum atomic E-state index is 0.641. The highest BCUT2D eigenvalue weighted by atomic mass is 15.3. The van der Waals surface area contributed by atoms with Crippen LogP contribution in [0.25, 0.3) is 0 Å². The Hall–Kier alpha value is -2.14. The largest absolute Gasteiger partial charge is 0.352 e. The van der Waals surface area contributed by atoms with Gasteiger partial charge in [-0.1, -0.05) is 24.3 Å². The molecule has 0 saturated heterocycles. The van der Waals surface area contributed by atoms with Crippen LogP contribution in [0.2, 0.25) is 0 Å². The molecule has 19 heavy (non-hydrogen) atoms. The number of hydrogen-bond acceptors (Lipinski definition) is 5. The zero-order chi connectivity index (χ0) is 13.1. The second-order valence-electron chi connectivity index (χ2n) is 4.70. The van der Waals surface area contributed by atoms with Crippen LogP contribution in [0.15, 0.2) is 36.7 Å². The molecular weight excluding hydrogens is 238 g/mol. The first kappa shape index (κ1) is 11.9. The Bertz CT molecular complexity index is 569. The standard InChI is InChI=1S/C14H17N5/c15-18-13-8-14(17-10-16-13)19-7-3-6-11-4-1-2-5-12(11)9-19/h1-2,4-5,8,10H,3,6-7,9,15H2,(H,16,17,18). The summed E-state index contributed by atoms with van der Waals surface area (Å²) in [4.78, 5) is 10.7. The first-order valence-corrected chi connectivity index (χ1v) is 6.47. The molecule has 0 radical (unpaired) electrons. The first-order chi connectivity index (χ1) is 9.36.